The number of nitrogens with one attached hydrogen (secondary N) is 1. The third kappa shape index (κ3) is 3.72. The van der Waals surface area contributed by atoms with Crippen molar-refractivity contribution in [3.8, 4) is 0 Å². The number of carbonyl (C=O) groups is 2. The SMILES string of the molecule is CC(C)CCCCN1C(=O)C(C)NC(=O)C1C. The van der Waals surface area contributed by atoms with Gasteiger partial charge in [0.2, 0.25) is 11.8 Å². The summed E-state index contributed by atoms with van der Waals surface area (Å²) in [6.45, 7) is 8.63. The lowest BCUT2D eigenvalue weighted by molar-refractivity contribution is -0.148. The number of piperazine rings is 1. The van der Waals surface area contributed by atoms with Crippen molar-refractivity contribution in [2.24, 2.45) is 5.92 Å². The normalized spacial score (nSPS) is 25.4. The van der Waals surface area contributed by atoms with Crippen LogP contribution < -0.4 is 5.32 Å². The Hall–Kier alpha value is -1.06. The van der Waals surface area contributed by atoms with E-state index in [1.165, 1.54) is 6.42 Å². The maximum atomic E-state index is 11.9. The van der Waals surface area contributed by atoms with Gasteiger partial charge in [0.1, 0.15) is 12.1 Å². The molecule has 1 heterocycles. The molecule has 1 saturated heterocycles. The smallest absolute Gasteiger partial charge is 0.245 e. The van der Waals surface area contributed by atoms with Gasteiger partial charge in [-0.05, 0) is 26.2 Å². The van der Waals surface area contributed by atoms with Crippen LogP contribution in [0, 0.1) is 5.92 Å². The fourth-order valence-electron chi connectivity index (χ4n) is 2.12. The van der Waals surface area contributed by atoms with Crippen LogP contribution in [-0.4, -0.2) is 35.3 Å². The topological polar surface area (TPSA) is 49.4 Å². The monoisotopic (exact) mass is 240 g/mol. The number of hydrogen-bond donors (Lipinski definition) is 1. The number of unbranched alkanes of at least 4 members (excludes halogenated alkanes) is 1. The largest absolute Gasteiger partial charge is 0.343 e. The van der Waals surface area contributed by atoms with E-state index in [0.29, 0.717) is 12.5 Å². The molecule has 0 bridgehead atoms. The van der Waals surface area contributed by atoms with E-state index in [9.17, 15) is 9.59 Å². The zero-order valence-corrected chi connectivity index (χ0v) is 11.3. The van der Waals surface area contributed by atoms with E-state index in [2.05, 4.69) is 19.2 Å². The third-order valence-electron chi connectivity index (χ3n) is 3.29. The predicted molar refractivity (Wildman–Crippen MR) is 67.5 cm³/mol. The Labute approximate surface area is 104 Å². The van der Waals surface area contributed by atoms with Gasteiger partial charge in [0, 0.05) is 6.54 Å². The molecule has 1 aliphatic rings. The molecule has 1 N–H and O–H groups in total. The molecule has 0 radical (unpaired) electrons. The molecule has 0 aromatic heterocycles. The molecule has 1 aliphatic heterocycles. The first-order chi connectivity index (χ1) is 7.93. The van der Waals surface area contributed by atoms with Gasteiger partial charge in [-0.2, -0.15) is 0 Å². The van der Waals surface area contributed by atoms with Gasteiger partial charge in [-0.1, -0.05) is 26.7 Å². The summed E-state index contributed by atoms with van der Waals surface area (Å²) in [5.41, 5.74) is 0. The molecular formula is C13H24N2O2. The van der Waals surface area contributed by atoms with Gasteiger partial charge in [0.15, 0.2) is 0 Å². The predicted octanol–water partition coefficient (Wildman–Crippen LogP) is 1.55. The van der Waals surface area contributed by atoms with Crippen LogP contribution in [0.3, 0.4) is 0 Å². The van der Waals surface area contributed by atoms with Gasteiger partial charge < -0.3 is 10.2 Å². The Morgan fingerprint density at radius 2 is 1.88 bits per heavy atom. The number of hydrogen-bond acceptors (Lipinski definition) is 2. The van der Waals surface area contributed by atoms with Gasteiger partial charge in [0.25, 0.3) is 0 Å². The lowest BCUT2D eigenvalue weighted by Gasteiger charge is -2.36. The second-order valence-electron chi connectivity index (χ2n) is 5.33. The molecule has 2 atom stereocenters. The van der Waals surface area contributed by atoms with Crippen LogP contribution in [0.2, 0.25) is 0 Å². The molecule has 2 amide bonds. The number of rotatable bonds is 5. The molecule has 4 nitrogen and oxygen atoms in total. The molecule has 1 rings (SSSR count). The second-order valence-corrected chi connectivity index (χ2v) is 5.33. The van der Waals surface area contributed by atoms with Crippen LogP contribution >= 0.6 is 0 Å². The zero-order valence-electron chi connectivity index (χ0n) is 11.3. The quantitative estimate of drug-likeness (QED) is 0.741. The Morgan fingerprint density at radius 1 is 1.24 bits per heavy atom. The van der Waals surface area contributed by atoms with E-state index in [0.717, 1.165) is 12.8 Å². The van der Waals surface area contributed by atoms with Crippen LogP contribution in [0.1, 0.15) is 47.0 Å². The lowest BCUT2D eigenvalue weighted by atomic mass is 10.0. The Morgan fingerprint density at radius 3 is 2.47 bits per heavy atom. The third-order valence-corrected chi connectivity index (χ3v) is 3.29. The highest BCUT2D eigenvalue weighted by molar-refractivity contribution is 5.96. The molecule has 0 aromatic rings. The first kappa shape index (κ1) is 14.0. The van der Waals surface area contributed by atoms with E-state index < -0.39 is 0 Å². The summed E-state index contributed by atoms with van der Waals surface area (Å²) in [5.74, 6) is 0.703. The fraction of sp³-hybridized carbons (Fsp3) is 0.846. The lowest BCUT2D eigenvalue weighted by Crippen LogP contribution is -2.61. The van der Waals surface area contributed by atoms with Crippen molar-refractivity contribution in [1.82, 2.24) is 10.2 Å². The van der Waals surface area contributed by atoms with Crippen LogP contribution in [0.4, 0.5) is 0 Å². The van der Waals surface area contributed by atoms with Crippen LogP contribution in [0.15, 0.2) is 0 Å². The van der Waals surface area contributed by atoms with Crippen molar-refractivity contribution in [1.29, 1.82) is 0 Å². The number of nitrogens with zero attached hydrogens (tertiary/aromatic N) is 1. The molecule has 17 heavy (non-hydrogen) atoms. The van der Waals surface area contributed by atoms with Gasteiger partial charge >= 0.3 is 0 Å². The molecule has 1 fully saturated rings. The van der Waals surface area contributed by atoms with Crippen molar-refractivity contribution in [3.63, 3.8) is 0 Å². The highest BCUT2D eigenvalue weighted by Gasteiger charge is 2.34. The van der Waals surface area contributed by atoms with Gasteiger partial charge in [-0.15, -0.1) is 0 Å². The average Bonchev–Trinajstić information content (AvgIpc) is 2.25. The fourth-order valence-corrected chi connectivity index (χ4v) is 2.12. The Bertz CT molecular complexity index is 289. The van der Waals surface area contributed by atoms with E-state index >= 15 is 0 Å². The van der Waals surface area contributed by atoms with Crippen molar-refractivity contribution < 1.29 is 9.59 Å². The summed E-state index contributed by atoms with van der Waals surface area (Å²) in [7, 11) is 0. The van der Waals surface area contributed by atoms with E-state index in [-0.39, 0.29) is 23.9 Å². The first-order valence-electron chi connectivity index (χ1n) is 6.54. The summed E-state index contributed by atoms with van der Waals surface area (Å²) >= 11 is 0. The van der Waals surface area contributed by atoms with Crippen molar-refractivity contribution >= 4 is 11.8 Å². The standard InChI is InChI=1S/C13H24N2O2/c1-9(2)7-5-6-8-15-11(4)12(16)14-10(3)13(15)17/h9-11H,5-8H2,1-4H3,(H,14,16). The summed E-state index contributed by atoms with van der Waals surface area (Å²) in [6, 6.07) is -0.693. The molecular weight excluding hydrogens is 216 g/mol. The minimum atomic E-state index is -0.371. The van der Waals surface area contributed by atoms with Crippen molar-refractivity contribution in [3.05, 3.63) is 0 Å². The van der Waals surface area contributed by atoms with Crippen LogP contribution in [0.5, 0.6) is 0 Å². The zero-order chi connectivity index (χ0) is 13.0. The molecule has 0 saturated carbocycles. The summed E-state index contributed by atoms with van der Waals surface area (Å²) in [6.07, 6.45) is 3.27. The Balaban J connectivity index is 2.44. The average molecular weight is 240 g/mol. The van der Waals surface area contributed by atoms with E-state index in [1.807, 2.05) is 0 Å². The van der Waals surface area contributed by atoms with Crippen LogP contribution in [-0.2, 0) is 9.59 Å². The maximum Gasteiger partial charge on any atom is 0.245 e. The molecule has 2 unspecified atom stereocenters. The molecule has 0 spiro atoms. The summed E-state index contributed by atoms with van der Waals surface area (Å²) in [5, 5.41) is 2.69. The van der Waals surface area contributed by atoms with Gasteiger partial charge in [-0.25, -0.2) is 0 Å². The molecule has 0 aliphatic carbocycles. The Kier molecular flexibility index (Phi) is 4.97. The van der Waals surface area contributed by atoms with Gasteiger partial charge in [-0.3, -0.25) is 9.59 Å². The highest BCUT2D eigenvalue weighted by Crippen LogP contribution is 2.13. The second kappa shape index (κ2) is 6.03. The summed E-state index contributed by atoms with van der Waals surface area (Å²) < 4.78 is 0. The molecule has 4 heteroatoms. The molecule has 0 aromatic carbocycles. The van der Waals surface area contributed by atoms with E-state index in [4.69, 9.17) is 0 Å². The number of amides is 2. The molecule has 98 valence electrons. The van der Waals surface area contributed by atoms with Gasteiger partial charge in [0.05, 0.1) is 0 Å². The van der Waals surface area contributed by atoms with Crippen LogP contribution in [0.25, 0.3) is 0 Å². The highest BCUT2D eigenvalue weighted by atomic mass is 16.2. The van der Waals surface area contributed by atoms with E-state index in [1.54, 1.807) is 18.7 Å². The first-order valence-corrected chi connectivity index (χ1v) is 6.54. The minimum Gasteiger partial charge on any atom is -0.343 e. The van der Waals surface area contributed by atoms with Crippen molar-refractivity contribution in [2.75, 3.05) is 6.54 Å². The number of carbonyl (C=O) groups excluding carboxylic acids is 2. The van der Waals surface area contributed by atoms with Crippen molar-refractivity contribution in [2.45, 2.75) is 59.0 Å². The minimum absolute atomic E-state index is 0.0408. The summed E-state index contributed by atoms with van der Waals surface area (Å²) in [4.78, 5) is 25.2. The maximum absolute atomic E-state index is 11.9.